The standard InChI is InChI=1S/C10H13NO5S/c1-3-16-9(13)5-7-11-10(14)6(17-7)4-8(12)15-2/h5-6H,3-4H2,1-2H3,(H,11,14). The van der Waals surface area contributed by atoms with Gasteiger partial charge < -0.3 is 14.8 Å². The fourth-order valence-corrected chi connectivity index (χ4v) is 2.18. The largest absolute Gasteiger partial charge is 0.469 e. The number of rotatable bonds is 4. The van der Waals surface area contributed by atoms with Gasteiger partial charge in [-0.1, -0.05) is 11.8 Å². The molecule has 1 fully saturated rings. The number of hydrogen-bond donors (Lipinski definition) is 1. The van der Waals surface area contributed by atoms with Crippen molar-refractivity contribution in [2.45, 2.75) is 18.6 Å². The van der Waals surface area contributed by atoms with Gasteiger partial charge in [-0.05, 0) is 6.92 Å². The first-order chi connectivity index (χ1) is 8.06. The van der Waals surface area contributed by atoms with E-state index < -0.39 is 17.2 Å². The summed E-state index contributed by atoms with van der Waals surface area (Å²) in [6.45, 7) is 1.96. The van der Waals surface area contributed by atoms with E-state index in [1.165, 1.54) is 13.2 Å². The molecule has 1 heterocycles. The molecule has 17 heavy (non-hydrogen) atoms. The minimum Gasteiger partial charge on any atom is -0.469 e. The van der Waals surface area contributed by atoms with Crippen molar-refractivity contribution in [1.29, 1.82) is 0 Å². The molecule has 1 aliphatic heterocycles. The van der Waals surface area contributed by atoms with Crippen molar-refractivity contribution in [3.05, 3.63) is 11.1 Å². The zero-order valence-electron chi connectivity index (χ0n) is 9.52. The molecule has 6 nitrogen and oxygen atoms in total. The van der Waals surface area contributed by atoms with Gasteiger partial charge in [-0.15, -0.1) is 0 Å². The fourth-order valence-electron chi connectivity index (χ4n) is 1.17. The molecule has 94 valence electrons. The minimum absolute atomic E-state index is 0.0207. The van der Waals surface area contributed by atoms with E-state index in [1.807, 2.05) is 0 Å². The number of hydrogen-bond acceptors (Lipinski definition) is 6. The van der Waals surface area contributed by atoms with E-state index in [1.54, 1.807) is 6.92 Å². The molecule has 0 aromatic rings. The van der Waals surface area contributed by atoms with Gasteiger partial charge >= 0.3 is 11.9 Å². The van der Waals surface area contributed by atoms with Crippen LogP contribution in [-0.2, 0) is 23.9 Å². The summed E-state index contributed by atoms with van der Waals surface area (Å²) in [6, 6.07) is 0. The van der Waals surface area contributed by atoms with Gasteiger partial charge in [0.1, 0.15) is 5.25 Å². The number of amides is 1. The Morgan fingerprint density at radius 1 is 1.53 bits per heavy atom. The molecule has 1 amide bonds. The zero-order chi connectivity index (χ0) is 12.8. The van der Waals surface area contributed by atoms with Crippen molar-refractivity contribution < 1.29 is 23.9 Å². The number of carbonyl (C=O) groups excluding carboxylic acids is 3. The maximum atomic E-state index is 11.4. The van der Waals surface area contributed by atoms with Gasteiger partial charge in [0, 0.05) is 0 Å². The maximum Gasteiger partial charge on any atom is 0.333 e. The number of ether oxygens (including phenoxy) is 2. The normalized spacial score (nSPS) is 21.2. The van der Waals surface area contributed by atoms with Crippen LogP contribution in [0.15, 0.2) is 11.1 Å². The summed E-state index contributed by atoms with van der Waals surface area (Å²) in [4.78, 5) is 33.6. The third-order valence-electron chi connectivity index (χ3n) is 1.92. The van der Waals surface area contributed by atoms with Gasteiger partial charge in [-0.2, -0.15) is 0 Å². The Morgan fingerprint density at radius 3 is 2.82 bits per heavy atom. The van der Waals surface area contributed by atoms with Crippen molar-refractivity contribution in [2.75, 3.05) is 13.7 Å². The summed E-state index contributed by atoms with van der Waals surface area (Å²) in [5.41, 5.74) is 0. The molecule has 0 aromatic carbocycles. The third-order valence-corrected chi connectivity index (χ3v) is 3.06. The van der Waals surface area contributed by atoms with Crippen LogP contribution in [0.2, 0.25) is 0 Å². The summed E-state index contributed by atoms with van der Waals surface area (Å²) in [5, 5.41) is 2.34. The summed E-state index contributed by atoms with van der Waals surface area (Å²) in [6.07, 6.45) is 1.18. The monoisotopic (exact) mass is 259 g/mol. The number of esters is 2. The molecule has 1 rings (SSSR count). The van der Waals surface area contributed by atoms with Gasteiger partial charge in [0.25, 0.3) is 0 Å². The molecule has 1 N–H and O–H groups in total. The Labute approximate surface area is 103 Å². The van der Waals surface area contributed by atoms with Crippen molar-refractivity contribution in [3.63, 3.8) is 0 Å². The average Bonchev–Trinajstić information content (AvgIpc) is 2.59. The van der Waals surface area contributed by atoms with Crippen LogP contribution in [0, 0.1) is 0 Å². The van der Waals surface area contributed by atoms with Gasteiger partial charge in [-0.3, -0.25) is 9.59 Å². The predicted octanol–water partition coefficient (Wildman–Crippen LogP) is 0.186. The summed E-state index contributed by atoms with van der Waals surface area (Å²) < 4.78 is 9.18. The van der Waals surface area contributed by atoms with Crippen molar-refractivity contribution in [2.24, 2.45) is 0 Å². The number of methoxy groups -OCH3 is 1. The van der Waals surface area contributed by atoms with Crippen LogP contribution in [-0.4, -0.2) is 36.8 Å². The van der Waals surface area contributed by atoms with Crippen LogP contribution < -0.4 is 5.32 Å². The van der Waals surface area contributed by atoms with Crippen LogP contribution >= 0.6 is 11.8 Å². The number of thioether (sulfide) groups is 1. The molecular formula is C10H13NO5S. The molecule has 1 saturated heterocycles. The Morgan fingerprint density at radius 2 is 2.24 bits per heavy atom. The van der Waals surface area contributed by atoms with Crippen LogP contribution in [0.3, 0.4) is 0 Å². The summed E-state index contributed by atoms with van der Waals surface area (Å²) in [5.74, 6) is -1.29. The van der Waals surface area contributed by atoms with E-state index in [9.17, 15) is 14.4 Å². The van der Waals surface area contributed by atoms with Gasteiger partial charge in [0.05, 0.1) is 31.2 Å². The molecule has 1 aliphatic rings. The first kappa shape index (κ1) is 13.6. The lowest BCUT2D eigenvalue weighted by Crippen LogP contribution is -2.24. The number of carbonyl (C=O) groups is 3. The van der Waals surface area contributed by atoms with Crippen molar-refractivity contribution in [1.82, 2.24) is 5.32 Å². The highest BCUT2D eigenvalue weighted by Crippen LogP contribution is 2.29. The highest BCUT2D eigenvalue weighted by Gasteiger charge is 2.31. The summed E-state index contributed by atoms with van der Waals surface area (Å²) >= 11 is 1.12. The van der Waals surface area contributed by atoms with Crippen LogP contribution in [0.5, 0.6) is 0 Å². The van der Waals surface area contributed by atoms with E-state index in [4.69, 9.17) is 4.74 Å². The van der Waals surface area contributed by atoms with Gasteiger partial charge in [0.15, 0.2) is 0 Å². The Kier molecular flexibility index (Phi) is 5.02. The van der Waals surface area contributed by atoms with Crippen molar-refractivity contribution in [3.8, 4) is 0 Å². The maximum absolute atomic E-state index is 11.4. The lowest BCUT2D eigenvalue weighted by Gasteiger charge is -2.02. The van der Waals surface area contributed by atoms with Crippen LogP contribution in [0.1, 0.15) is 13.3 Å². The van der Waals surface area contributed by atoms with Crippen molar-refractivity contribution >= 4 is 29.6 Å². The number of nitrogens with one attached hydrogen (secondary N) is 1. The van der Waals surface area contributed by atoms with Crippen LogP contribution in [0.25, 0.3) is 0 Å². The van der Waals surface area contributed by atoms with E-state index in [2.05, 4.69) is 10.1 Å². The second-order valence-corrected chi connectivity index (χ2v) is 4.38. The van der Waals surface area contributed by atoms with E-state index in [0.29, 0.717) is 5.03 Å². The smallest absolute Gasteiger partial charge is 0.333 e. The molecule has 0 spiro atoms. The molecule has 1 unspecified atom stereocenters. The van der Waals surface area contributed by atoms with Gasteiger partial charge in [0.2, 0.25) is 5.91 Å². The molecule has 0 bridgehead atoms. The second kappa shape index (κ2) is 6.29. The minimum atomic E-state index is -0.553. The first-order valence-electron chi connectivity index (χ1n) is 4.99. The van der Waals surface area contributed by atoms with Crippen LogP contribution in [0.4, 0.5) is 0 Å². The molecule has 0 aromatic heterocycles. The molecule has 1 atom stereocenters. The zero-order valence-corrected chi connectivity index (χ0v) is 10.3. The first-order valence-corrected chi connectivity index (χ1v) is 5.87. The van der Waals surface area contributed by atoms with E-state index >= 15 is 0 Å². The lowest BCUT2D eigenvalue weighted by atomic mass is 10.3. The molecule has 0 radical (unpaired) electrons. The highest BCUT2D eigenvalue weighted by molar-refractivity contribution is 8.04. The lowest BCUT2D eigenvalue weighted by molar-refractivity contribution is -0.141. The quantitative estimate of drug-likeness (QED) is 0.573. The van der Waals surface area contributed by atoms with Gasteiger partial charge in [-0.25, -0.2) is 4.79 Å². The third kappa shape index (κ3) is 4.10. The molecule has 0 aliphatic carbocycles. The molecule has 7 heteroatoms. The Balaban J connectivity index is 2.57. The SMILES string of the molecule is CCOC(=O)C=C1NC(=O)C(CC(=O)OC)S1. The van der Waals surface area contributed by atoms with E-state index in [0.717, 1.165) is 11.8 Å². The fraction of sp³-hybridized carbons (Fsp3) is 0.500. The predicted molar refractivity (Wildman–Crippen MR) is 60.9 cm³/mol. The Hall–Kier alpha value is -1.50. The second-order valence-electron chi connectivity index (χ2n) is 3.14. The summed E-state index contributed by atoms with van der Waals surface area (Å²) in [7, 11) is 1.26. The molecule has 0 saturated carbocycles. The Bertz CT molecular complexity index is 366. The highest BCUT2D eigenvalue weighted by atomic mass is 32.2. The topological polar surface area (TPSA) is 81.7 Å². The van der Waals surface area contributed by atoms with E-state index in [-0.39, 0.29) is 18.9 Å². The average molecular weight is 259 g/mol. The molecular weight excluding hydrogens is 246 g/mol.